The lowest BCUT2D eigenvalue weighted by Crippen LogP contribution is -2.58. The van der Waals surface area contributed by atoms with Crippen LogP contribution in [0.15, 0.2) is 36.0 Å². The number of carbonyl (C=O) groups is 4. The quantitative estimate of drug-likeness (QED) is 0.192. The van der Waals surface area contributed by atoms with Gasteiger partial charge in [0.1, 0.15) is 0 Å². The first kappa shape index (κ1) is 40.4. The number of aliphatic hydroxyl groups excluding tert-OH is 1. The molecule has 2 aromatic rings. The fraction of sp³-hybridized carbons (Fsp3) is 0.684. The van der Waals surface area contributed by atoms with Crippen LogP contribution in [0.3, 0.4) is 0 Å². The van der Waals surface area contributed by atoms with Gasteiger partial charge in [-0.2, -0.15) is 0 Å². The monoisotopic (exact) mass is 727 g/mol. The topological polar surface area (TPSA) is 162 Å². The highest BCUT2D eigenvalue weighted by Crippen LogP contribution is 2.35. The Morgan fingerprint density at radius 3 is 2.41 bits per heavy atom. The fourth-order valence-corrected chi connectivity index (χ4v) is 8.00. The van der Waals surface area contributed by atoms with Crippen LogP contribution in [-0.4, -0.2) is 104 Å². The number of hydrogen-bond acceptors (Lipinski definition) is 10. The second-order valence-electron chi connectivity index (χ2n) is 14.7. The van der Waals surface area contributed by atoms with Gasteiger partial charge >= 0.3 is 5.97 Å². The second-order valence-corrected chi connectivity index (χ2v) is 15.7. The predicted octanol–water partition coefficient (Wildman–Crippen LogP) is 4.08. The summed E-state index contributed by atoms with van der Waals surface area (Å²) < 4.78 is 5.45. The number of aliphatic hydroxyl groups is 2. The standard InChI is InChI=1S/C38H57N5O7S/c1-27(2)50-37(48)35(46)31(22-28-12-6-4-7-13-28)43(26-38(49)16-9-5-10-17-38)36(47)29(24-33-40-19-21-51-33)23-32(44)41-25-34(45)42(3)20-15-30-14-8-11-18-39-30/h8,11,14,18-19,21,27-29,31,35,46,49H,4-7,9-10,12-13,15-17,20,22-26H2,1-3H3,(H,41,44)/t29-,31-,35+/m0/s1. The maximum Gasteiger partial charge on any atom is 0.337 e. The van der Waals surface area contributed by atoms with Gasteiger partial charge in [-0.15, -0.1) is 11.3 Å². The molecular formula is C38H57N5O7S. The van der Waals surface area contributed by atoms with E-state index >= 15 is 0 Å². The molecule has 0 aliphatic heterocycles. The van der Waals surface area contributed by atoms with Crippen LogP contribution in [0, 0.1) is 11.8 Å². The number of amides is 3. The van der Waals surface area contributed by atoms with Crippen LogP contribution in [-0.2, 0) is 36.8 Å². The maximum atomic E-state index is 14.9. The van der Waals surface area contributed by atoms with Gasteiger partial charge in [0.15, 0.2) is 6.10 Å². The van der Waals surface area contributed by atoms with E-state index in [1.807, 2.05) is 18.2 Å². The van der Waals surface area contributed by atoms with E-state index in [9.17, 15) is 29.4 Å². The van der Waals surface area contributed by atoms with Crippen molar-refractivity contribution in [3.05, 3.63) is 46.7 Å². The zero-order valence-electron chi connectivity index (χ0n) is 30.5. The molecule has 282 valence electrons. The SMILES string of the molecule is CC(C)OC(=O)[C@H](O)[C@H](CC1CCCCC1)N(CC1(O)CCCCC1)C(=O)[C@@H](CC(=O)NCC(=O)N(C)CCc1ccccn1)Cc1nccs1. The van der Waals surface area contributed by atoms with Gasteiger partial charge in [0.25, 0.3) is 0 Å². The minimum absolute atomic E-state index is 0.0647. The van der Waals surface area contributed by atoms with Crippen LogP contribution >= 0.6 is 11.3 Å². The van der Waals surface area contributed by atoms with Gasteiger partial charge in [-0.1, -0.05) is 57.4 Å². The number of ether oxygens (including phenoxy) is 1. The molecule has 3 amide bonds. The Morgan fingerprint density at radius 1 is 1.04 bits per heavy atom. The molecule has 4 rings (SSSR count). The summed E-state index contributed by atoms with van der Waals surface area (Å²) in [7, 11) is 1.67. The molecule has 2 aliphatic carbocycles. The molecule has 0 aromatic carbocycles. The average molecular weight is 728 g/mol. The van der Waals surface area contributed by atoms with Gasteiger partial charge in [-0.05, 0) is 51.2 Å². The number of hydrogen-bond donors (Lipinski definition) is 3. The summed E-state index contributed by atoms with van der Waals surface area (Å²) in [4.78, 5) is 66.3. The van der Waals surface area contributed by atoms with E-state index in [4.69, 9.17) is 4.74 Å². The van der Waals surface area contributed by atoms with Gasteiger partial charge in [-0.25, -0.2) is 9.78 Å². The molecule has 3 atom stereocenters. The van der Waals surface area contributed by atoms with Gasteiger partial charge in [-0.3, -0.25) is 19.4 Å². The van der Waals surface area contributed by atoms with Crippen molar-refractivity contribution in [1.29, 1.82) is 0 Å². The Labute approximate surface area is 306 Å². The molecule has 12 nitrogen and oxygen atoms in total. The third kappa shape index (κ3) is 12.9. The van der Waals surface area contributed by atoms with Crippen molar-refractivity contribution < 1.29 is 34.1 Å². The maximum absolute atomic E-state index is 14.9. The lowest BCUT2D eigenvalue weighted by molar-refractivity contribution is -0.167. The molecule has 13 heteroatoms. The number of aromatic nitrogens is 2. The van der Waals surface area contributed by atoms with Gasteiger partial charge < -0.3 is 30.1 Å². The number of nitrogens with one attached hydrogen (secondary N) is 1. The van der Waals surface area contributed by atoms with E-state index in [-0.39, 0.29) is 37.8 Å². The van der Waals surface area contributed by atoms with E-state index < -0.39 is 47.6 Å². The highest BCUT2D eigenvalue weighted by Gasteiger charge is 2.43. The highest BCUT2D eigenvalue weighted by molar-refractivity contribution is 7.09. The minimum Gasteiger partial charge on any atom is -0.461 e. The van der Waals surface area contributed by atoms with E-state index in [2.05, 4.69) is 15.3 Å². The molecule has 3 N–H and O–H groups in total. The van der Waals surface area contributed by atoms with Crippen molar-refractivity contribution in [3.8, 4) is 0 Å². The molecule has 2 heterocycles. The Kier molecular flexibility index (Phi) is 15.8. The second kappa shape index (κ2) is 20.0. The van der Waals surface area contributed by atoms with Crippen LogP contribution in [0.4, 0.5) is 0 Å². The lowest BCUT2D eigenvalue weighted by Gasteiger charge is -2.44. The average Bonchev–Trinajstić information content (AvgIpc) is 3.64. The molecule has 0 unspecified atom stereocenters. The molecule has 51 heavy (non-hydrogen) atoms. The molecule has 0 spiro atoms. The van der Waals surface area contributed by atoms with E-state index in [0.29, 0.717) is 37.2 Å². The van der Waals surface area contributed by atoms with Crippen LogP contribution in [0.2, 0.25) is 0 Å². The zero-order valence-corrected chi connectivity index (χ0v) is 31.3. The lowest BCUT2D eigenvalue weighted by atomic mass is 9.81. The summed E-state index contributed by atoms with van der Waals surface area (Å²) in [5.74, 6) is -2.72. The van der Waals surface area contributed by atoms with E-state index in [1.54, 1.807) is 38.7 Å². The Morgan fingerprint density at radius 2 is 1.76 bits per heavy atom. The summed E-state index contributed by atoms with van der Waals surface area (Å²) in [6.07, 6.45) is 10.7. The third-order valence-corrected chi connectivity index (χ3v) is 11.0. The van der Waals surface area contributed by atoms with Gasteiger partial charge in [0.05, 0.1) is 35.2 Å². The van der Waals surface area contributed by atoms with Crippen LogP contribution in [0.25, 0.3) is 0 Å². The molecule has 2 aromatic heterocycles. The molecule has 0 bridgehead atoms. The van der Waals surface area contributed by atoms with Crippen molar-refractivity contribution in [2.45, 2.75) is 128 Å². The van der Waals surface area contributed by atoms with E-state index in [1.165, 1.54) is 21.1 Å². The summed E-state index contributed by atoms with van der Waals surface area (Å²) in [6.45, 7) is 3.55. The smallest absolute Gasteiger partial charge is 0.337 e. The number of nitrogens with zero attached hydrogens (tertiary/aromatic N) is 4. The van der Waals surface area contributed by atoms with Crippen molar-refractivity contribution in [1.82, 2.24) is 25.1 Å². The molecular weight excluding hydrogens is 671 g/mol. The Balaban J connectivity index is 1.56. The number of thiazole rings is 1. The molecule has 2 aliphatic rings. The van der Waals surface area contributed by atoms with Crippen LogP contribution < -0.4 is 5.32 Å². The number of rotatable bonds is 18. The highest BCUT2D eigenvalue weighted by atomic mass is 32.1. The normalized spacial score (nSPS) is 18.0. The van der Waals surface area contributed by atoms with Crippen molar-refractivity contribution >= 4 is 35.0 Å². The molecule has 2 fully saturated rings. The summed E-state index contributed by atoms with van der Waals surface area (Å²) >= 11 is 1.37. The first-order valence-corrected chi connectivity index (χ1v) is 19.5. The largest absolute Gasteiger partial charge is 0.461 e. The number of esters is 1. The van der Waals surface area contributed by atoms with Gasteiger partial charge in [0.2, 0.25) is 17.7 Å². The summed E-state index contributed by atoms with van der Waals surface area (Å²) in [6, 6.07) is 4.66. The van der Waals surface area contributed by atoms with E-state index in [0.717, 1.165) is 57.1 Å². The Bertz CT molecular complexity index is 1380. The zero-order chi connectivity index (χ0) is 36.8. The molecule has 0 radical (unpaired) electrons. The molecule has 2 saturated carbocycles. The van der Waals surface area contributed by atoms with Crippen molar-refractivity contribution in [2.75, 3.05) is 26.7 Å². The number of pyridine rings is 1. The van der Waals surface area contributed by atoms with Crippen molar-refractivity contribution in [3.63, 3.8) is 0 Å². The fourth-order valence-electron chi connectivity index (χ4n) is 7.30. The van der Waals surface area contributed by atoms with Crippen molar-refractivity contribution in [2.24, 2.45) is 11.8 Å². The number of likely N-dealkylation sites (N-methyl/N-ethyl adjacent to an activating group) is 1. The van der Waals surface area contributed by atoms with Crippen LogP contribution in [0.5, 0.6) is 0 Å². The van der Waals surface area contributed by atoms with Gasteiger partial charge in [0, 0.05) is 62.9 Å². The van der Waals surface area contributed by atoms with Crippen LogP contribution in [0.1, 0.15) is 102 Å². The predicted molar refractivity (Wildman–Crippen MR) is 194 cm³/mol. The number of carbonyl (C=O) groups excluding carboxylic acids is 4. The Hall–Kier alpha value is -3.42. The summed E-state index contributed by atoms with van der Waals surface area (Å²) in [5.41, 5.74) is -0.336. The third-order valence-electron chi connectivity index (χ3n) is 10.2. The first-order valence-electron chi connectivity index (χ1n) is 18.6. The minimum atomic E-state index is -1.63. The summed E-state index contributed by atoms with van der Waals surface area (Å²) in [5, 5.41) is 28.6. The molecule has 0 saturated heterocycles. The first-order chi connectivity index (χ1) is 24.4.